The van der Waals surface area contributed by atoms with E-state index < -0.39 is 0 Å². The van der Waals surface area contributed by atoms with E-state index in [-0.39, 0.29) is 36.0 Å². The molecule has 0 spiro atoms. The van der Waals surface area contributed by atoms with E-state index >= 15 is 0 Å². The average Bonchev–Trinajstić information content (AvgIpc) is 2.88. The Balaban J connectivity index is 0.00000225. The molecule has 0 aliphatic carbocycles. The van der Waals surface area contributed by atoms with E-state index in [4.69, 9.17) is 0 Å². The first-order valence-corrected chi connectivity index (χ1v) is 8.49. The van der Waals surface area contributed by atoms with E-state index in [1.165, 1.54) is 4.90 Å². The summed E-state index contributed by atoms with van der Waals surface area (Å²) >= 11 is 0. The molecule has 0 radical (unpaired) electrons. The number of benzene rings is 1. The van der Waals surface area contributed by atoms with Crippen LogP contribution >= 0.6 is 12.4 Å². The van der Waals surface area contributed by atoms with Gasteiger partial charge in [0.2, 0.25) is 17.7 Å². The van der Waals surface area contributed by atoms with Crippen molar-refractivity contribution in [1.82, 2.24) is 10.2 Å². The van der Waals surface area contributed by atoms with Crippen LogP contribution in [-0.2, 0) is 20.9 Å². The van der Waals surface area contributed by atoms with Gasteiger partial charge in [0.05, 0.1) is 6.54 Å². The molecule has 3 rings (SSSR count). The van der Waals surface area contributed by atoms with E-state index in [1.807, 2.05) is 24.3 Å². The SMILES string of the molecule is C[C@H]1C[C@@H](C(=O)Nc2ccc(CN3C(=O)CCC3=O)cc2)CCN1.Cl. The summed E-state index contributed by atoms with van der Waals surface area (Å²) in [5.74, 6) is -0.128. The highest BCUT2D eigenvalue weighted by Gasteiger charge is 2.28. The zero-order chi connectivity index (χ0) is 17.1. The number of piperidine rings is 1. The molecule has 2 fully saturated rings. The van der Waals surface area contributed by atoms with Gasteiger partial charge in [-0.25, -0.2) is 0 Å². The van der Waals surface area contributed by atoms with Crippen LogP contribution < -0.4 is 10.6 Å². The predicted molar refractivity (Wildman–Crippen MR) is 97.3 cm³/mol. The third kappa shape index (κ3) is 4.80. The molecule has 2 atom stereocenters. The number of nitrogens with zero attached hydrogens (tertiary/aromatic N) is 1. The van der Waals surface area contributed by atoms with Crippen LogP contribution in [0.15, 0.2) is 24.3 Å². The summed E-state index contributed by atoms with van der Waals surface area (Å²) in [5.41, 5.74) is 1.63. The van der Waals surface area contributed by atoms with Crippen LogP contribution in [0.3, 0.4) is 0 Å². The molecular weight excluding hydrogens is 342 g/mol. The number of carbonyl (C=O) groups excluding carboxylic acids is 3. The lowest BCUT2D eigenvalue weighted by Crippen LogP contribution is -2.40. The summed E-state index contributed by atoms with van der Waals surface area (Å²) in [4.78, 5) is 36.9. The van der Waals surface area contributed by atoms with Crippen LogP contribution in [0.1, 0.15) is 38.2 Å². The van der Waals surface area contributed by atoms with Crippen molar-refractivity contribution in [3.05, 3.63) is 29.8 Å². The lowest BCUT2D eigenvalue weighted by Gasteiger charge is -2.27. The van der Waals surface area contributed by atoms with Crippen molar-refractivity contribution in [2.75, 3.05) is 11.9 Å². The smallest absolute Gasteiger partial charge is 0.229 e. The summed E-state index contributed by atoms with van der Waals surface area (Å²) in [6, 6.07) is 7.71. The third-order valence-electron chi connectivity index (χ3n) is 4.71. The van der Waals surface area contributed by atoms with E-state index in [0.29, 0.717) is 25.4 Å². The van der Waals surface area contributed by atoms with Gasteiger partial charge in [0, 0.05) is 30.5 Å². The quantitative estimate of drug-likeness (QED) is 0.801. The number of hydrogen-bond donors (Lipinski definition) is 2. The van der Waals surface area contributed by atoms with Gasteiger partial charge in [-0.1, -0.05) is 12.1 Å². The fraction of sp³-hybridized carbons (Fsp3) is 0.500. The average molecular weight is 366 g/mol. The molecule has 0 bridgehead atoms. The molecule has 2 heterocycles. The number of amides is 3. The van der Waals surface area contributed by atoms with Crippen LogP contribution in [0.5, 0.6) is 0 Å². The van der Waals surface area contributed by atoms with Crippen molar-refractivity contribution in [3.8, 4) is 0 Å². The number of halogens is 1. The van der Waals surface area contributed by atoms with Crippen molar-refractivity contribution in [3.63, 3.8) is 0 Å². The van der Waals surface area contributed by atoms with Crippen molar-refractivity contribution in [2.45, 2.75) is 45.2 Å². The van der Waals surface area contributed by atoms with E-state index in [2.05, 4.69) is 17.6 Å². The number of anilines is 1. The van der Waals surface area contributed by atoms with E-state index in [9.17, 15) is 14.4 Å². The van der Waals surface area contributed by atoms with Gasteiger partial charge in [0.1, 0.15) is 0 Å². The Morgan fingerprint density at radius 2 is 1.84 bits per heavy atom. The van der Waals surface area contributed by atoms with Crippen LogP contribution in [0.4, 0.5) is 5.69 Å². The molecule has 2 N–H and O–H groups in total. The maximum Gasteiger partial charge on any atom is 0.229 e. The van der Waals surface area contributed by atoms with Gasteiger partial charge in [-0.2, -0.15) is 0 Å². The first-order valence-electron chi connectivity index (χ1n) is 8.49. The molecule has 25 heavy (non-hydrogen) atoms. The van der Waals surface area contributed by atoms with Gasteiger partial charge >= 0.3 is 0 Å². The maximum absolute atomic E-state index is 12.3. The molecule has 2 saturated heterocycles. The van der Waals surface area contributed by atoms with Crippen LogP contribution in [0.25, 0.3) is 0 Å². The van der Waals surface area contributed by atoms with Crippen molar-refractivity contribution in [2.24, 2.45) is 5.92 Å². The van der Waals surface area contributed by atoms with Crippen LogP contribution in [0.2, 0.25) is 0 Å². The Labute approximate surface area is 153 Å². The largest absolute Gasteiger partial charge is 0.326 e. The summed E-state index contributed by atoms with van der Waals surface area (Å²) in [6.07, 6.45) is 2.32. The molecule has 0 aromatic heterocycles. The minimum absolute atomic E-state index is 0. The zero-order valence-corrected chi connectivity index (χ0v) is 15.1. The second kappa shape index (κ2) is 8.45. The van der Waals surface area contributed by atoms with Crippen molar-refractivity contribution < 1.29 is 14.4 Å². The van der Waals surface area contributed by atoms with E-state index in [0.717, 1.165) is 30.6 Å². The monoisotopic (exact) mass is 365 g/mol. The molecule has 0 saturated carbocycles. The first kappa shape index (κ1) is 19.4. The molecule has 1 aromatic rings. The number of hydrogen-bond acceptors (Lipinski definition) is 4. The summed E-state index contributed by atoms with van der Waals surface area (Å²) in [5, 5.41) is 6.30. The van der Waals surface area contributed by atoms with Gasteiger partial charge in [0.25, 0.3) is 0 Å². The highest BCUT2D eigenvalue weighted by Crippen LogP contribution is 2.20. The Morgan fingerprint density at radius 1 is 1.20 bits per heavy atom. The molecule has 2 aliphatic rings. The normalized spacial score (nSPS) is 23.3. The lowest BCUT2D eigenvalue weighted by atomic mass is 9.92. The second-order valence-electron chi connectivity index (χ2n) is 6.64. The number of carbonyl (C=O) groups is 3. The molecule has 0 unspecified atom stereocenters. The summed E-state index contributed by atoms with van der Waals surface area (Å²) in [7, 11) is 0. The lowest BCUT2D eigenvalue weighted by molar-refractivity contribution is -0.139. The second-order valence-corrected chi connectivity index (χ2v) is 6.64. The van der Waals surface area contributed by atoms with Gasteiger partial charge in [-0.3, -0.25) is 19.3 Å². The molecule has 6 nitrogen and oxygen atoms in total. The number of nitrogens with one attached hydrogen (secondary N) is 2. The highest BCUT2D eigenvalue weighted by atomic mass is 35.5. The van der Waals surface area contributed by atoms with E-state index in [1.54, 1.807) is 0 Å². The number of likely N-dealkylation sites (tertiary alicyclic amines) is 1. The fourth-order valence-electron chi connectivity index (χ4n) is 3.29. The third-order valence-corrected chi connectivity index (χ3v) is 4.71. The summed E-state index contributed by atoms with van der Waals surface area (Å²) in [6.45, 7) is 3.27. The molecule has 3 amide bonds. The Morgan fingerprint density at radius 3 is 2.44 bits per heavy atom. The predicted octanol–water partition coefficient (Wildman–Crippen LogP) is 2.08. The zero-order valence-electron chi connectivity index (χ0n) is 14.3. The van der Waals surface area contributed by atoms with Gasteiger partial charge < -0.3 is 10.6 Å². The Hall–Kier alpha value is -1.92. The molecule has 136 valence electrons. The number of rotatable bonds is 4. The first-order chi connectivity index (χ1) is 11.5. The van der Waals surface area contributed by atoms with Gasteiger partial charge in [-0.05, 0) is 44.0 Å². The standard InChI is InChI=1S/C18H23N3O3.ClH/c1-12-10-14(8-9-19-12)18(24)20-15-4-2-13(3-5-15)11-21-16(22)6-7-17(21)23;/h2-5,12,14,19H,6-11H2,1H3,(H,20,24);1H/t12-,14-;/m0./s1. The minimum Gasteiger partial charge on any atom is -0.326 e. The van der Waals surface area contributed by atoms with Crippen LogP contribution in [-0.4, -0.2) is 35.2 Å². The Bertz CT molecular complexity index is 631. The molecule has 2 aliphatic heterocycles. The fourth-order valence-corrected chi connectivity index (χ4v) is 3.29. The Kier molecular flexibility index (Phi) is 6.56. The molecular formula is C18H24ClN3O3. The number of imide groups is 1. The van der Waals surface area contributed by atoms with Crippen molar-refractivity contribution in [1.29, 1.82) is 0 Å². The highest BCUT2D eigenvalue weighted by molar-refractivity contribution is 6.01. The summed E-state index contributed by atoms with van der Waals surface area (Å²) < 4.78 is 0. The minimum atomic E-state index is -0.114. The van der Waals surface area contributed by atoms with Crippen molar-refractivity contribution >= 4 is 35.8 Å². The van der Waals surface area contributed by atoms with Gasteiger partial charge in [0.15, 0.2) is 0 Å². The molecule has 7 heteroatoms. The molecule has 1 aromatic carbocycles. The van der Waals surface area contributed by atoms with Crippen LogP contribution in [0, 0.1) is 5.92 Å². The van der Waals surface area contributed by atoms with Gasteiger partial charge in [-0.15, -0.1) is 12.4 Å². The maximum atomic E-state index is 12.3. The topological polar surface area (TPSA) is 78.5 Å².